The second-order valence-electron chi connectivity index (χ2n) is 5.64. The third kappa shape index (κ3) is 3.47. The van der Waals surface area contributed by atoms with Gasteiger partial charge in [0.05, 0.1) is 19.8 Å². The Labute approximate surface area is 158 Å². The molecule has 0 saturated heterocycles. The fourth-order valence-electron chi connectivity index (χ4n) is 2.77. The lowest BCUT2D eigenvalue weighted by Gasteiger charge is -2.16. The van der Waals surface area contributed by atoms with Crippen LogP contribution in [-0.2, 0) is 0 Å². The monoisotopic (exact) mass is 394 g/mol. The highest BCUT2D eigenvalue weighted by atomic mass is 32.1. The number of rotatable bonds is 4. The molecule has 0 heterocycles. The van der Waals surface area contributed by atoms with Gasteiger partial charge < -0.3 is 9.47 Å². The van der Waals surface area contributed by atoms with Gasteiger partial charge in [0.2, 0.25) is 0 Å². The highest BCUT2D eigenvalue weighted by Gasteiger charge is 2.25. The molecule has 0 unspecified atom stereocenters. The molecule has 0 fully saturated rings. The van der Waals surface area contributed by atoms with Gasteiger partial charge in [-0.15, -0.1) is 12.6 Å². The van der Waals surface area contributed by atoms with Crippen LogP contribution in [-0.4, -0.2) is 14.2 Å². The third-order valence-electron chi connectivity index (χ3n) is 4.08. The van der Waals surface area contributed by atoms with E-state index in [1.807, 2.05) is 0 Å². The van der Waals surface area contributed by atoms with Crippen LogP contribution in [0.3, 0.4) is 0 Å². The summed E-state index contributed by atoms with van der Waals surface area (Å²) in [7, 11) is 2.66. The summed E-state index contributed by atoms with van der Waals surface area (Å²) in [5, 5.41) is 0. The van der Waals surface area contributed by atoms with Gasteiger partial charge in [0.25, 0.3) is 0 Å². The number of methoxy groups -OCH3 is 2. The van der Waals surface area contributed by atoms with Crippen LogP contribution in [0.4, 0.5) is 17.6 Å². The summed E-state index contributed by atoms with van der Waals surface area (Å²) >= 11 is 4.23. The molecule has 0 aromatic heterocycles. The quantitative estimate of drug-likeness (QED) is 0.338. The van der Waals surface area contributed by atoms with Gasteiger partial charge in [0, 0.05) is 22.1 Å². The summed E-state index contributed by atoms with van der Waals surface area (Å²) in [6.45, 7) is 0. The van der Waals surface area contributed by atoms with E-state index in [9.17, 15) is 17.6 Å². The molecule has 0 N–H and O–H groups in total. The van der Waals surface area contributed by atoms with Gasteiger partial charge in [-0.3, -0.25) is 0 Å². The standard InChI is InChI=1S/C20H14F4O2S/c1-25-16-8-13(18-19(23)14(21)9-15(22)20(18)24)17(26-2)7-12(16)10-3-5-11(27)6-4-10/h3-9,27H,1-2H3. The summed E-state index contributed by atoms with van der Waals surface area (Å²) in [5.74, 6) is -5.75. The molecule has 0 radical (unpaired) electrons. The van der Waals surface area contributed by atoms with E-state index in [4.69, 9.17) is 9.47 Å². The smallest absolute Gasteiger partial charge is 0.169 e. The van der Waals surface area contributed by atoms with Crippen molar-refractivity contribution in [3.05, 3.63) is 65.7 Å². The van der Waals surface area contributed by atoms with Gasteiger partial charge in [0.15, 0.2) is 23.3 Å². The molecule has 140 valence electrons. The van der Waals surface area contributed by atoms with Crippen LogP contribution < -0.4 is 9.47 Å². The molecule has 3 aromatic carbocycles. The molecular formula is C20H14F4O2S. The van der Waals surface area contributed by atoms with Crippen molar-refractivity contribution < 1.29 is 27.0 Å². The molecule has 0 spiro atoms. The first-order chi connectivity index (χ1) is 12.9. The summed E-state index contributed by atoms with van der Waals surface area (Å²) < 4.78 is 66.4. The molecule has 2 nitrogen and oxygen atoms in total. The average molecular weight is 394 g/mol. The van der Waals surface area contributed by atoms with Crippen LogP contribution >= 0.6 is 12.6 Å². The molecule has 7 heteroatoms. The zero-order chi connectivity index (χ0) is 19.7. The number of hydrogen-bond acceptors (Lipinski definition) is 3. The van der Waals surface area contributed by atoms with E-state index in [1.54, 1.807) is 24.3 Å². The molecule has 27 heavy (non-hydrogen) atoms. The van der Waals surface area contributed by atoms with Crippen molar-refractivity contribution in [3.8, 4) is 33.8 Å². The Bertz CT molecular complexity index is 978. The van der Waals surface area contributed by atoms with Crippen LogP contribution in [0.2, 0.25) is 0 Å². The van der Waals surface area contributed by atoms with Gasteiger partial charge in [-0.05, 0) is 29.8 Å². The maximum atomic E-state index is 14.3. The van der Waals surface area contributed by atoms with Gasteiger partial charge in [-0.1, -0.05) is 12.1 Å². The fraction of sp³-hybridized carbons (Fsp3) is 0.100. The number of thiol groups is 1. The van der Waals surface area contributed by atoms with Crippen molar-refractivity contribution in [3.63, 3.8) is 0 Å². The second-order valence-corrected chi connectivity index (χ2v) is 6.16. The fourth-order valence-corrected chi connectivity index (χ4v) is 2.92. The van der Waals surface area contributed by atoms with Crippen molar-refractivity contribution >= 4 is 12.6 Å². The highest BCUT2D eigenvalue weighted by molar-refractivity contribution is 7.80. The second kappa shape index (κ2) is 7.52. The minimum absolute atomic E-state index is 0.0311. The molecule has 0 saturated carbocycles. The van der Waals surface area contributed by atoms with Crippen molar-refractivity contribution in [2.45, 2.75) is 4.90 Å². The SMILES string of the molecule is COc1cc(-c2c(F)c(F)cc(F)c2F)c(OC)cc1-c1ccc(S)cc1. The minimum Gasteiger partial charge on any atom is -0.496 e. The van der Waals surface area contributed by atoms with E-state index in [0.717, 1.165) is 10.5 Å². The van der Waals surface area contributed by atoms with Crippen LogP contribution in [0.25, 0.3) is 22.3 Å². The Morgan fingerprint density at radius 1 is 0.704 bits per heavy atom. The zero-order valence-corrected chi connectivity index (χ0v) is 15.2. The largest absolute Gasteiger partial charge is 0.496 e. The van der Waals surface area contributed by atoms with Gasteiger partial charge in [-0.25, -0.2) is 17.6 Å². The maximum absolute atomic E-state index is 14.3. The predicted molar refractivity (Wildman–Crippen MR) is 97.5 cm³/mol. The lowest BCUT2D eigenvalue weighted by atomic mass is 9.97. The number of halogens is 4. The van der Waals surface area contributed by atoms with Gasteiger partial charge in [0.1, 0.15) is 11.5 Å². The maximum Gasteiger partial charge on any atom is 0.169 e. The zero-order valence-electron chi connectivity index (χ0n) is 14.3. The van der Waals surface area contributed by atoms with Crippen molar-refractivity contribution in [1.29, 1.82) is 0 Å². The van der Waals surface area contributed by atoms with Crippen LogP contribution in [0, 0.1) is 23.3 Å². The molecular weight excluding hydrogens is 380 g/mol. The number of hydrogen-bond donors (Lipinski definition) is 1. The summed E-state index contributed by atoms with van der Waals surface area (Å²) in [4.78, 5) is 0.751. The van der Waals surface area contributed by atoms with Gasteiger partial charge >= 0.3 is 0 Å². The molecule has 0 bridgehead atoms. The number of benzene rings is 3. The summed E-state index contributed by atoms with van der Waals surface area (Å²) in [5.41, 5.74) is 0.280. The van der Waals surface area contributed by atoms with Gasteiger partial charge in [-0.2, -0.15) is 0 Å². The van der Waals surface area contributed by atoms with E-state index in [2.05, 4.69) is 12.6 Å². The Morgan fingerprint density at radius 3 is 1.70 bits per heavy atom. The van der Waals surface area contributed by atoms with Crippen LogP contribution in [0.15, 0.2) is 47.4 Å². The molecule has 0 amide bonds. The number of ether oxygens (including phenoxy) is 2. The lowest BCUT2D eigenvalue weighted by molar-refractivity contribution is 0.404. The topological polar surface area (TPSA) is 18.5 Å². The van der Waals surface area contributed by atoms with Crippen molar-refractivity contribution in [1.82, 2.24) is 0 Å². The van der Waals surface area contributed by atoms with Crippen LogP contribution in [0.1, 0.15) is 0 Å². The molecule has 0 aliphatic heterocycles. The summed E-state index contributed by atoms with van der Waals surface area (Å²) in [6.07, 6.45) is 0. The molecule has 0 aliphatic carbocycles. The van der Waals surface area contributed by atoms with E-state index >= 15 is 0 Å². The normalized spacial score (nSPS) is 10.8. The Balaban J connectivity index is 2.29. The Hall–Kier alpha value is -2.67. The van der Waals surface area contributed by atoms with E-state index in [0.29, 0.717) is 5.56 Å². The average Bonchev–Trinajstić information content (AvgIpc) is 2.67. The first-order valence-corrected chi connectivity index (χ1v) is 8.20. The summed E-state index contributed by atoms with van der Waals surface area (Å²) in [6, 6.07) is 10.0. The molecule has 3 rings (SSSR count). The van der Waals surface area contributed by atoms with Crippen molar-refractivity contribution in [2.75, 3.05) is 14.2 Å². The molecule has 0 atom stereocenters. The first kappa shape index (κ1) is 19.1. The highest BCUT2D eigenvalue weighted by Crippen LogP contribution is 2.43. The first-order valence-electron chi connectivity index (χ1n) is 7.76. The minimum atomic E-state index is -1.51. The Kier molecular flexibility index (Phi) is 5.32. The van der Waals surface area contributed by atoms with E-state index in [1.165, 1.54) is 26.4 Å². The van der Waals surface area contributed by atoms with Crippen molar-refractivity contribution in [2.24, 2.45) is 0 Å². The van der Waals surface area contributed by atoms with E-state index in [-0.39, 0.29) is 23.1 Å². The van der Waals surface area contributed by atoms with Crippen LogP contribution in [0.5, 0.6) is 11.5 Å². The van der Waals surface area contributed by atoms with E-state index < -0.39 is 28.8 Å². The lowest BCUT2D eigenvalue weighted by Crippen LogP contribution is -2.01. The third-order valence-corrected chi connectivity index (χ3v) is 4.38. The Morgan fingerprint density at radius 2 is 1.19 bits per heavy atom. The molecule has 0 aliphatic rings. The molecule has 3 aromatic rings. The predicted octanol–water partition coefficient (Wildman–Crippen LogP) is 5.88.